The second kappa shape index (κ2) is 8.94. The zero-order valence-electron chi connectivity index (χ0n) is 13.2. The van der Waals surface area contributed by atoms with Crippen molar-refractivity contribution in [1.82, 2.24) is 0 Å². The Balaban J connectivity index is 1.64. The molecule has 1 saturated carbocycles. The van der Waals surface area contributed by atoms with Gasteiger partial charge in [-0.3, -0.25) is 9.59 Å². The molecule has 1 aromatic carbocycles. The summed E-state index contributed by atoms with van der Waals surface area (Å²) in [6.07, 6.45) is 7.46. The van der Waals surface area contributed by atoms with Gasteiger partial charge in [0.25, 0.3) is 5.91 Å². The SMILES string of the molecule is N#Cc1ccc(NC(=O)COC(=O)CCC2CCCCC2)cc1. The number of esters is 1. The number of anilines is 1. The monoisotopic (exact) mass is 314 g/mol. The average molecular weight is 314 g/mol. The number of carbonyl (C=O) groups is 2. The van der Waals surface area contributed by atoms with Gasteiger partial charge in [0.1, 0.15) is 0 Å². The minimum absolute atomic E-state index is 0.274. The molecule has 1 fully saturated rings. The third-order valence-corrected chi connectivity index (χ3v) is 4.14. The molecule has 0 saturated heterocycles. The van der Waals surface area contributed by atoms with E-state index in [1.807, 2.05) is 6.07 Å². The number of nitriles is 1. The van der Waals surface area contributed by atoms with Crippen molar-refractivity contribution in [3.05, 3.63) is 29.8 Å². The van der Waals surface area contributed by atoms with Crippen molar-refractivity contribution in [2.45, 2.75) is 44.9 Å². The Morgan fingerprint density at radius 1 is 1.17 bits per heavy atom. The van der Waals surface area contributed by atoms with Gasteiger partial charge >= 0.3 is 5.97 Å². The summed E-state index contributed by atoms with van der Waals surface area (Å²) in [6, 6.07) is 8.52. The molecule has 0 spiro atoms. The van der Waals surface area contributed by atoms with Gasteiger partial charge in [0.2, 0.25) is 0 Å². The molecule has 0 radical (unpaired) electrons. The van der Waals surface area contributed by atoms with Crippen molar-refractivity contribution >= 4 is 17.6 Å². The first kappa shape index (κ1) is 17.0. The van der Waals surface area contributed by atoms with Gasteiger partial charge in [-0.1, -0.05) is 32.1 Å². The molecule has 1 aliphatic carbocycles. The van der Waals surface area contributed by atoms with Crippen molar-refractivity contribution < 1.29 is 14.3 Å². The van der Waals surface area contributed by atoms with Gasteiger partial charge < -0.3 is 10.1 Å². The molecular formula is C18H22N2O3. The number of nitrogens with one attached hydrogen (secondary N) is 1. The maximum atomic E-state index is 11.7. The molecule has 0 bridgehead atoms. The maximum absolute atomic E-state index is 11.7. The van der Waals surface area contributed by atoms with E-state index in [0.29, 0.717) is 23.6 Å². The van der Waals surface area contributed by atoms with Crippen molar-refractivity contribution in [2.24, 2.45) is 5.92 Å². The molecule has 1 aliphatic rings. The van der Waals surface area contributed by atoms with Crippen molar-refractivity contribution in [3.63, 3.8) is 0 Å². The molecule has 0 unspecified atom stereocenters. The molecule has 122 valence electrons. The summed E-state index contributed by atoms with van der Waals surface area (Å²) in [5.74, 6) is -0.0601. The Morgan fingerprint density at radius 3 is 2.52 bits per heavy atom. The fourth-order valence-corrected chi connectivity index (χ4v) is 2.84. The molecule has 1 N–H and O–H groups in total. The minimum Gasteiger partial charge on any atom is -0.456 e. The first-order valence-electron chi connectivity index (χ1n) is 8.13. The summed E-state index contributed by atoms with van der Waals surface area (Å²) in [7, 11) is 0. The highest BCUT2D eigenvalue weighted by atomic mass is 16.5. The fourth-order valence-electron chi connectivity index (χ4n) is 2.84. The minimum atomic E-state index is -0.374. The lowest BCUT2D eigenvalue weighted by atomic mass is 9.86. The molecule has 23 heavy (non-hydrogen) atoms. The maximum Gasteiger partial charge on any atom is 0.306 e. The molecule has 0 aliphatic heterocycles. The summed E-state index contributed by atoms with van der Waals surface area (Å²) in [5, 5.41) is 11.3. The highest BCUT2D eigenvalue weighted by molar-refractivity contribution is 5.92. The van der Waals surface area contributed by atoms with Gasteiger partial charge in [0.15, 0.2) is 6.61 Å². The number of carbonyl (C=O) groups excluding carboxylic acids is 2. The second-order valence-electron chi connectivity index (χ2n) is 5.94. The standard InChI is InChI=1S/C18H22N2O3/c19-12-15-6-9-16(10-7-15)20-17(21)13-23-18(22)11-8-14-4-2-1-3-5-14/h6-7,9-10,14H,1-5,8,11,13H2,(H,20,21). The van der Waals surface area contributed by atoms with Crippen LogP contribution in [0, 0.1) is 17.2 Å². The molecule has 1 amide bonds. The lowest BCUT2D eigenvalue weighted by Crippen LogP contribution is -2.21. The Labute approximate surface area is 136 Å². The van der Waals surface area contributed by atoms with Gasteiger partial charge in [-0.25, -0.2) is 0 Å². The van der Waals surface area contributed by atoms with E-state index in [1.54, 1.807) is 24.3 Å². The summed E-state index contributed by atoms with van der Waals surface area (Å²) in [5.41, 5.74) is 1.10. The van der Waals surface area contributed by atoms with Crippen LogP contribution >= 0.6 is 0 Å². The third kappa shape index (κ3) is 6.11. The molecule has 1 aromatic rings. The zero-order valence-corrected chi connectivity index (χ0v) is 13.2. The van der Waals surface area contributed by atoms with E-state index in [1.165, 1.54) is 32.1 Å². The van der Waals surface area contributed by atoms with E-state index >= 15 is 0 Å². The Morgan fingerprint density at radius 2 is 1.87 bits per heavy atom. The van der Waals surface area contributed by atoms with E-state index in [9.17, 15) is 9.59 Å². The number of nitrogens with zero attached hydrogens (tertiary/aromatic N) is 1. The highest BCUT2D eigenvalue weighted by Crippen LogP contribution is 2.27. The van der Waals surface area contributed by atoms with E-state index < -0.39 is 0 Å². The van der Waals surface area contributed by atoms with Crippen LogP contribution in [0.15, 0.2) is 24.3 Å². The van der Waals surface area contributed by atoms with Crippen LogP contribution in [0.4, 0.5) is 5.69 Å². The summed E-state index contributed by atoms with van der Waals surface area (Å²) >= 11 is 0. The summed E-state index contributed by atoms with van der Waals surface area (Å²) < 4.78 is 5.01. The lowest BCUT2D eigenvalue weighted by molar-refractivity contribution is -0.147. The Kier molecular flexibility index (Phi) is 6.61. The number of ether oxygens (including phenoxy) is 1. The largest absolute Gasteiger partial charge is 0.456 e. The normalized spacial score (nSPS) is 14.7. The second-order valence-corrected chi connectivity index (χ2v) is 5.94. The number of hydrogen-bond donors (Lipinski definition) is 1. The van der Waals surface area contributed by atoms with E-state index in [0.717, 1.165) is 6.42 Å². The van der Waals surface area contributed by atoms with Gasteiger partial charge in [-0.2, -0.15) is 5.26 Å². The molecule has 0 atom stereocenters. The van der Waals surface area contributed by atoms with Crippen LogP contribution in [0.2, 0.25) is 0 Å². The van der Waals surface area contributed by atoms with Crippen LogP contribution in [0.25, 0.3) is 0 Å². The summed E-state index contributed by atoms with van der Waals surface area (Å²) in [6.45, 7) is -0.274. The van der Waals surface area contributed by atoms with Crippen molar-refractivity contribution in [3.8, 4) is 6.07 Å². The third-order valence-electron chi connectivity index (χ3n) is 4.14. The summed E-state index contributed by atoms with van der Waals surface area (Å²) in [4.78, 5) is 23.4. The Bertz CT molecular complexity index is 569. The fraction of sp³-hybridized carbons (Fsp3) is 0.500. The molecule has 5 heteroatoms. The van der Waals surface area contributed by atoms with E-state index in [4.69, 9.17) is 10.00 Å². The van der Waals surface area contributed by atoms with Crippen LogP contribution < -0.4 is 5.32 Å². The molecule has 0 heterocycles. The van der Waals surface area contributed by atoms with Gasteiger partial charge in [-0.15, -0.1) is 0 Å². The van der Waals surface area contributed by atoms with Gasteiger partial charge in [-0.05, 0) is 36.6 Å². The topological polar surface area (TPSA) is 79.2 Å². The molecule has 0 aromatic heterocycles. The first-order chi connectivity index (χ1) is 11.2. The van der Waals surface area contributed by atoms with Crippen molar-refractivity contribution in [2.75, 3.05) is 11.9 Å². The van der Waals surface area contributed by atoms with Crippen LogP contribution in [-0.4, -0.2) is 18.5 Å². The number of amides is 1. The predicted molar refractivity (Wildman–Crippen MR) is 86.6 cm³/mol. The Hall–Kier alpha value is -2.35. The van der Waals surface area contributed by atoms with Gasteiger partial charge in [0, 0.05) is 12.1 Å². The van der Waals surface area contributed by atoms with E-state index in [2.05, 4.69) is 5.32 Å². The lowest BCUT2D eigenvalue weighted by Gasteiger charge is -2.20. The predicted octanol–water partition coefficient (Wildman–Crippen LogP) is 3.40. The quantitative estimate of drug-likeness (QED) is 0.816. The first-order valence-corrected chi connectivity index (χ1v) is 8.13. The average Bonchev–Trinajstić information content (AvgIpc) is 2.60. The number of benzene rings is 1. The highest BCUT2D eigenvalue weighted by Gasteiger charge is 2.16. The smallest absolute Gasteiger partial charge is 0.306 e. The molecule has 5 nitrogen and oxygen atoms in total. The van der Waals surface area contributed by atoms with Crippen LogP contribution in [0.3, 0.4) is 0 Å². The van der Waals surface area contributed by atoms with Crippen LogP contribution in [0.5, 0.6) is 0 Å². The number of hydrogen-bond acceptors (Lipinski definition) is 4. The van der Waals surface area contributed by atoms with Gasteiger partial charge in [0.05, 0.1) is 11.6 Å². The molecule has 2 rings (SSSR count). The number of rotatable bonds is 6. The van der Waals surface area contributed by atoms with Crippen LogP contribution in [-0.2, 0) is 14.3 Å². The van der Waals surface area contributed by atoms with Crippen LogP contribution in [0.1, 0.15) is 50.5 Å². The zero-order chi connectivity index (χ0) is 16.5. The van der Waals surface area contributed by atoms with Crippen molar-refractivity contribution in [1.29, 1.82) is 5.26 Å². The van der Waals surface area contributed by atoms with E-state index in [-0.39, 0.29) is 18.5 Å². The molecular weight excluding hydrogens is 292 g/mol.